The summed E-state index contributed by atoms with van der Waals surface area (Å²) < 4.78 is 16.9. The Labute approximate surface area is 92.5 Å². The van der Waals surface area contributed by atoms with Crippen LogP contribution in [0.15, 0.2) is 30.3 Å². The van der Waals surface area contributed by atoms with Crippen molar-refractivity contribution in [3.8, 4) is 5.75 Å². The van der Waals surface area contributed by atoms with E-state index in [1.807, 2.05) is 30.3 Å². The summed E-state index contributed by atoms with van der Waals surface area (Å²) in [5.41, 5.74) is 0. The highest BCUT2D eigenvalue weighted by atomic mass is 31.1. The van der Waals surface area contributed by atoms with Gasteiger partial charge in [-0.1, -0.05) is 44.4 Å². The molecule has 3 heteroatoms. The van der Waals surface area contributed by atoms with Gasteiger partial charge in [0.05, 0.1) is 0 Å². The summed E-state index contributed by atoms with van der Waals surface area (Å²) in [4.78, 5) is 0. The molecule has 0 aromatic heterocycles. The minimum Gasteiger partial charge on any atom is -0.445 e. The van der Waals surface area contributed by atoms with Gasteiger partial charge in [0.25, 0.3) is 0 Å². The minimum atomic E-state index is -1.87. The van der Waals surface area contributed by atoms with Crippen LogP contribution in [0.5, 0.6) is 5.75 Å². The van der Waals surface area contributed by atoms with Gasteiger partial charge >= 0.3 is 0 Å². The van der Waals surface area contributed by atoms with Gasteiger partial charge in [-0.3, -0.25) is 4.57 Å². The van der Waals surface area contributed by atoms with Gasteiger partial charge in [-0.2, -0.15) is 0 Å². The monoisotopic (exact) mass is 226 g/mol. The largest absolute Gasteiger partial charge is 0.445 e. The number of rotatable bonds is 7. The molecule has 1 rings (SSSR count). The molecular weight excluding hydrogens is 207 g/mol. The molecule has 1 atom stereocenters. The Kier molecular flexibility index (Phi) is 6.18. The second-order valence-corrected chi connectivity index (χ2v) is 5.05. The summed E-state index contributed by atoms with van der Waals surface area (Å²) in [5, 5.41) is 0. The smallest absolute Gasteiger partial charge is 0.236 e. The molecule has 0 saturated carbocycles. The fourth-order valence-electron chi connectivity index (χ4n) is 1.37. The fourth-order valence-corrected chi connectivity index (χ4v) is 2.41. The van der Waals surface area contributed by atoms with Crippen LogP contribution >= 0.6 is 8.03 Å². The Bertz CT molecular complexity index is 285. The molecule has 84 valence electrons. The van der Waals surface area contributed by atoms with Crippen molar-refractivity contribution in [2.75, 3.05) is 6.16 Å². The Hall–Kier alpha value is -0.750. The van der Waals surface area contributed by atoms with Gasteiger partial charge in [0, 0.05) is 6.16 Å². The third-order valence-electron chi connectivity index (χ3n) is 2.21. The zero-order chi connectivity index (χ0) is 10.9. The maximum atomic E-state index is 11.5. The van der Waals surface area contributed by atoms with Crippen LogP contribution in [0, 0.1) is 0 Å². The van der Waals surface area contributed by atoms with Crippen molar-refractivity contribution in [2.24, 2.45) is 0 Å². The molecule has 0 fully saturated rings. The lowest BCUT2D eigenvalue weighted by molar-refractivity contribution is 0.501. The number of para-hydroxylation sites is 1. The lowest BCUT2D eigenvalue weighted by Gasteiger charge is -2.05. The van der Waals surface area contributed by atoms with E-state index in [1.165, 1.54) is 12.8 Å². The van der Waals surface area contributed by atoms with Crippen LogP contribution in [-0.2, 0) is 4.57 Å². The molecule has 0 heterocycles. The van der Waals surface area contributed by atoms with Crippen LogP contribution in [0.1, 0.15) is 32.6 Å². The van der Waals surface area contributed by atoms with E-state index in [1.54, 1.807) is 0 Å². The fraction of sp³-hybridized carbons (Fsp3) is 0.500. The van der Waals surface area contributed by atoms with Crippen LogP contribution in [0.3, 0.4) is 0 Å². The molecule has 0 aliphatic heterocycles. The normalized spacial score (nSPS) is 12.3. The van der Waals surface area contributed by atoms with E-state index in [2.05, 4.69) is 6.92 Å². The van der Waals surface area contributed by atoms with Crippen LogP contribution < -0.4 is 4.52 Å². The molecule has 0 aliphatic carbocycles. The number of unbranched alkanes of at least 4 members (excludes halogenated alkanes) is 3. The van der Waals surface area contributed by atoms with Crippen molar-refractivity contribution >= 4 is 8.03 Å². The molecule has 2 nitrogen and oxygen atoms in total. The Morgan fingerprint density at radius 1 is 1.13 bits per heavy atom. The summed E-state index contributed by atoms with van der Waals surface area (Å²) in [6, 6.07) is 9.39. The maximum absolute atomic E-state index is 11.5. The second kappa shape index (κ2) is 7.53. The van der Waals surface area contributed by atoms with Gasteiger partial charge in [-0.25, -0.2) is 0 Å². The van der Waals surface area contributed by atoms with E-state index >= 15 is 0 Å². The van der Waals surface area contributed by atoms with Gasteiger partial charge < -0.3 is 4.52 Å². The van der Waals surface area contributed by atoms with E-state index < -0.39 is 8.03 Å². The topological polar surface area (TPSA) is 26.3 Å². The average Bonchev–Trinajstić information content (AvgIpc) is 2.26. The predicted octanol–water partition coefficient (Wildman–Crippen LogP) is 4.12. The zero-order valence-electron chi connectivity index (χ0n) is 9.24. The molecule has 0 saturated heterocycles. The van der Waals surface area contributed by atoms with Crippen molar-refractivity contribution in [1.29, 1.82) is 0 Å². The van der Waals surface area contributed by atoms with Crippen molar-refractivity contribution in [2.45, 2.75) is 32.6 Å². The molecule has 1 aromatic carbocycles. The molecule has 1 aromatic rings. The zero-order valence-corrected chi connectivity index (χ0v) is 10.2. The van der Waals surface area contributed by atoms with Gasteiger partial charge in [0.2, 0.25) is 8.03 Å². The van der Waals surface area contributed by atoms with Gasteiger partial charge in [0.1, 0.15) is 5.75 Å². The molecule has 0 N–H and O–H groups in total. The Balaban J connectivity index is 2.19. The standard InChI is InChI=1S/C12H19O2P/c1-2-3-4-8-11-15(13)14-12-9-6-5-7-10-12/h5-7,9-10,15H,2-4,8,11H2,1H3. The quantitative estimate of drug-likeness (QED) is 0.516. The highest BCUT2D eigenvalue weighted by Crippen LogP contribution is 2.27. The van der Waals surface area contributed by atoms with Crippen LogP contribution in [0.2, 0.25) is 0 Å². The van der Waals surface area contributed by atoms with Crippen LogP contribution in [0.25, 0.3) is 0 Å². The van der Waals surface area contributed by atoms with E-state index in [9.17, 15) is 4.57 Å². The second-order valence-electron chi connectivity index (χ2n) is 3.60. The Morgan fingerprint density at radius 2 is 1.87 bits per heavy atom. The summed E-state index contributed by atoms with van der Waals surface area (Å²) in [7, 11) is -1.87. The minimum absolute atomic E-state index is 0.708. The maximum Gasteiger partial charge on any atom is 0.236 e. The molecule has 0 spiro atoms. The van der Waals surface area contributed by atoms with Gasteiger partial charge in [0.15, 0.2) is 0 Å². The van der Waals surface area contributed by atoms with Crippen molar-refractivity contribution in [3.63, 3.8) is 0 Å². The summed E-state index contributed by atoms with van der Waals surface area (Å²) in [5.74, 6) is 0.719. The summed E-state index contributed by atoms with van der Waals surface area (Å²) in [6.45, 7) is 2.17. The van der Waals surface area contributed by atoms with E-state index in [0.29, 0.717) is 6.16 Å². The number of benzene rings is 1. The molecule has 0 amide bonds. The molecule has 0 radical (unpaired) electrons. The summed E-state index contributed by atoms with van der Waals surface area (Å²) >= 11 is 0. The highest BCUT2D eigenvalue weighted by molar-refractivity contribution is 7.39. The van der Waals surface area contributed by atoms with Gasteiger partial charge in [-0.05, 0) is 18.6 Å². The van der Waals surface area contributed by atoms with Gasteiger partial charge in [-0.15, -0.1) is 0 Å². The molecule has 1 unspecified atom stereocenters. The first-order chi connectivity index (χ1) is 7.33. The van der Waals surface area contributed by atoms with E-state index in [4.69, 9.17) is 4.52 Å². The predicted molar refractivity (Wildman–Crippen MR) is 65.1 cm³/mol. The molecule has 0 bridgehead atoms. The van der Waals surface area contributed by atoms with Crippen molar-refractivity contribution in [1.82, 2.24) is 0 Å². The number of hydrogen-bond donors (Lipinski definition) is 0. The third-order valence-corrected chi connectivity index (χ3v) is 3.43. The van der Waals surface area contributed by atoms with E-state index in [-0.39, 0.29) is 0 Å². The van der Waals surface area contributed by atoms with Crippen LogP contribution in [0.4, 0.5) is 0 Å². The molecule has 0 aliphatic rings. The average molecular weight is 226 g/mol. The third kappa shape index (κ3) is 5.64. The Morgan fingerprint density at radius 3 is 2.53 bits per heavy atom. The lowest BCUT2D eigenvalue weighted by atomic mass is 10.2. The first-order valence-corrected chi connectivity index (χ1v) is 7.11. The highest BCUT2D eigenvalue weighted by Gasteiger charge is 2.00. The summed E-state index contributed by atoms with van der Waals surface area (Å²) in [6.07, 6.45) is 5.31. The van der Waals surface area contributed by atoms with Crippen molar-refractivity contribution < 1.29 is 9.09 Å². The first kappa shape index (κ1) is 12.3. The number of hydrogen-bond acceptors (Lipinski definition) is 2. The molecular formula is C12H19O2P. The first-order valence-electron chi connectivity index (χ1n) is 5.58. The SMILES string of the molecule is CCCCCC[PH](=O)Oc1ccccc1. The lowest BCUT2D eigenvalue weighted by Crippen LogP contribution is -1.86. The van der Waals surface area contributed by atoms with Crippen LogP contribution in [-0.4, -0.2) is 6.16 Å². The van der Waals surface area contributed by atoms with Crippen molar-refractivity contribution in [3.05, 3.63) is 30.3 Å². The molecule has 15 heavy (non-hydrogen) atoms. The van der Waals surface area contributed by atoms with E-state index in [0.717, 1.165) is 18.6 Å².